The summed E-state index contributed by atoms with van der Waals surface area (Å²) in [5.74, 6) is 0.618. The van der Waals surface area contributed by atoms with Crippen molar-refractivity contribution in [2.24, 2.45) is 0 Å². The van der Waals surface area contributed by atoms with Crippen LogP contribution >= 0.6 is 0 Å². The SMILES string of the molecule is CC[NH+](CC)C[C@@H](O)COc1ccccc1C(=O)CCc1ccccc1. The number of hydrogen-bond acceptors (Lipinski definition) is 3. The lowest BCUT2D eigenvalue weighted by Gasteiger charge is -2.20. The van der Waals surface area contributed by atoms with Gasteiger partial charge < -0.3 is 14.7 Å². The summed E-state index contributed by atoms with van der Waals surface area (Å²) in [6.07, 6.45) is 0.607. The summed E-state index contributed by atoms with van der Waals surface area (Å²) in [6.45, 7) is 7.01. The molecular weight excluding hydrogens is 326 g/mol. The number of carbonyl (C=O) groups is 1. The second kappa shape index (κ2) is 10.7. The van der Waals surface area contributed by atoms with Crippen molar-refractivity contribution in [1.29, 1.82) is 0 Å². The van der Waals surface area contributed by atoms with Crippen molar-refractivity contribution in [3.63, 3.8) is 0 Å². The Labute approximate surface area is 156 Å². The fourth-order valence-corrected chi connectivity index (χ4v) is 2.98. The van der Waals surface area contributed by atoms with Crippen LogP contribution < -0.4 is 9.64 Å². The molecule has 4 nitrogen and oxygen atoms in total. The predicted molar refractivity (Wildman–Crippen MR) is 104 cm³/mol. The van der Waals surface area contributed by atoms with E-state index in [2.05, 4.69) is 13.8 Å². The number of nitrogens with one attached hydrogen (secondary N) is 1. The topological polar surface area (TPSA) is 51.0 Å². The Morgan fingerprint density at radius 3 is 2.38 bits per heavy atom. The number of benzene rings is 2. The second-order valence-electron chi connectivity index (χ2n) is 6.53. The molecule has 140 valence electrons. The minimum atomic E-state index is -0.544. The van der Waals surface area contributed by atoms with E-state index in [1.165, 1.54) is 4.90 Å². The van der Waals surface area contributed by atoms with Gasteiger partial charge in [0.2, 0.25) is 0 Å². The maximum absolute atomic E-state index is 12.6. The molecule has 0 aromatic heterocycles. The van der Waals surface area contributed by atoms with E-state index >= 15 is 0 Å². The first-order valence-corrected chi connectivity index (χ1v) is 9.44. The van der Waals surface area contributed by atoms with Gasteiger partial charge in [0.05, 0.1) is 18.7 Å². The van der Waals surface area contributed by atoms with Crippen molar-refractivity contribution in [2.75, 3.05) is 26.2 Å². The van der Waals surface area contributed by atoms with Crippen LogP contribution in [0.15, 0.2) is 54.6 Å². The Kier molecular flexibility index (Phi) is 8.32. The summed E-state index contributed by atoms with van der Waals surface area (Å²) >= 11 is 0. The molecule has 2 aromatic rings. The largest absolute Gasteiger partial charge is 0.490 e. The molecule has 2 N–H and O–H groups in total. The number of hydrogen-bond donors (Lipinski definition) is 2. The van der Waals surface area contributed by atoms with Gasteiger partial charge >= 0.3 is 0 Å². The highest BCUT2D eigenvalue weighted by molar-refractivity contribution is 5.98. The van der Waals surface area contributed by atoms with Crippen molar-refractivity contribution < 1.29 is 19.5 Å². The number of rotatable bonds is 11. The number of ketones is 1. The number of ether oxygens (including phenoxy) is 1. The number of likely N-dealkylation sites (N-methyl/N-ethyl adjacent to an activating group) is 1. The van der Waals surface area contributed by atoms with Gasteiger partial charge in [-0.05, 0) is 38.0 Å². The molecule has 26 heavy (non-hydrogen) atoms. The monoisotopic (exact) mass is 356 g/mol. The molecule has 0 aliphatic heterocycles. The lowest BCUT2D eigenvalue weighted by molar-refractivity contribution is -0.899. The Balaban J connectivity index is 1.93. The average Bonchev–Trinajstić information content (AvgIpc) is 2.69. The normalized spacial score (nSPS) is 12.2. The van der Waals surface area contributed by atoms with Crippen LogP contribution in [0.2, 0.25) is 0 Å². The van der Waals surface area contributed by atoms with Gasteiger partial charge in [-0.15, -0.1) is 0 Å². The van der Waals surface area contributed by atoms with Gasteiger partial charge in [-0.3, -0.25) is 4.79 Å². The summed E-state index contributed by atoms with van der Waals surface area (Å²) in [7, 11) is 0. The molecule has 2 rings (SSSR count). The summed E-state index contributed by atoms with van der Waals surface area (Å²) in [5.41, 5.74) is 1.74. The standard InChI is InChI=1S/C22H29NO3/c1-3-23(4-2)16-19(24)17-26-22-13-9-8-12-20(22)21(25)15-14-18-10-6-5-7-11-18/h5-13,19,24H,3-4,14-17H2,1-2H3/p+1/t19-/m1/s1. The molecule has 0 saturated carbocycles. The van der Waals surface area contributed by atoms with E-state index in [1.807, 2.05) is 42.5 Å². The first-order chi connectivity index (χ1) is 12.6. The van der Waals surface area contributed by atoms with Crippen molar-refractivity contribution in [1.82, 2.24) is 0 Å². The smallest absolute Gasteiger partial charge is 0.166 e. The molecule has 1 atom stereocenters. The molecule has 0 spiro atoms. The lowest BCUT2D eigenvalue weighted by Crippen LogP contribution is -3.12. The third-order valence-corrected chi connectivity index (χ3v) is 4.63. The first kappa shape index (κ1) is 20.1. The number of para-hydroxylation sites is 1. The van der Waals surface area contributed by atoms with Gasteiger partial charge in [0.25, 0.3) is 0 Å². The summed E-state index contributed by atoms with van der Waals surface area (Å²) < 4.78 is 5.78. The second-order valence-corrected chi connectivity index (χ2v) is 6.53. The molecule has 2 aromatic carbocycles. The highest BCUT2D eigenvalue weighted by Gasteiger charge is 2.16. The maximum Gasteiger partial charge on any atom is 0.166 e. The molecular formula is C22H30NO3+. The van der Waals surface area contributed by atoms with Gasteiger partial charge in [0, 0.05) is 6.42 Å². The predicted octanol–water partition coefficient (Wildman–Crippen LogP) is 2.17. The number of quaternary nitrogens is 1. The Morgan fingerprint density at radius 1 is 1.04 bits per heavy atom. The van der Waals surface area contributed by atoms with Crippen LogP contribution in [-0.4, -0.2) is 43.2 Å². The van der Waals surface area contributed by atoms with Crippen molar-refractivity contribution in [3.05, 3.63) is 65.7 Å². The molecule has 0 saturated heterocycles. The minimum Gasteiger partial charge on any atom is -0.490 e. The van der Waals surface area contributed by atoms with E-state index in [0.29, 0.717) is 30.7 Å². The van der Waals surface area contributed by atoms with Gasteiger partial charge in [0.1, 0.15) is 25.0 Å². The maximum atomic E-state index is 12.6. The molecule has 0 heterocycles. The zero-order chi connectivity index (χ0) is 18.8. The first-order valence-electron chi connectivity index (χ1n) is 9.44. The van der Waals surface area contributed by atoms with Crippen molar-refractivity contribution in [3.8, 4) is 5.75 Å². The number of aliphatic hydroxyl groups is 1. The van der Waals surface area contributed by atoms with Crippen LogP contribution in [0.1, 0.15) is 36.2 Å². The van der Waals surface area contributed by atoms with Crippen molar-refractivity contribution >= 4 is 5.78 Å². The molecule has 0 aliphatic carbocycles. The molecule has 0 aliphatic rings. The van der Waals surface area contributed by atoms with Gasteiger partial charge in [-0.25, -0.2) is 0 Å². The zero-order valence-corrected chi connectivity index (χ0v) is 15.8. The number of aryl methyl sites for hydroxylation is 1. The van der Waals surface area contributed by atoms with Crippen molar-refractivity contribution in [2.45, 2.75) is 32.8 Å². The van der Waals surface area contributed by atoms with Crippen LogP contribution in [0.4, 0.5) is 0 Å². The minimum absolute atomic E-state index is 0.0633. The fraction of sp³-hybridized carbons (Fsp3) is 0.409. The molecule has 0 unspecified atom stereocenters. The molecule has 4 heteroatoms. The van der Waals surface area contributed by atoms with Gasteiger partial charge in [-0.2, -0.15) is 0 Å². The molecule has 0 radical (unpaired) electrons. The number of carbonyl (C=O) groups excluding carboxylic acids is 1. The summed E-state index contributed by atoms with van der Waals surface area (Å²) in [6, 6.07) is 17.3. The average molecular weight is 356 g/mol. The van der Waals surface area contributed by atoms with E-state index in [9.17, 15) is 9.90 Å². The Bertz CT molecular complexity index is 668. The van der Waals surface area contributed by atoms with Gasteiger partial charge in [-0.1, -0.05) is 42.5 Å². The van der Waals surface area contributed by atoms with E-state index in [0.717, 1.165) is 18.7 Å². The molecule has 0 amide bonds. The number of aliphatic hydroxyl groups excluding tert-OH is 1. The Hall–Kier alpha value is -2.17. The van der Waals surface area contributed by atoms with Crippen LogP contribution in [0.5, 0.6) is 5.75 Å². The fourth-order valence-electron chi connectivity index (χ4n) is 2.98. The third-order valence-electron chi connectivity index (χ3n) is 4.63. The number of Topliss-reactive ketones (excluding diaryl/α,β-unsaturated/α-hetero) is 1. The van der Waals surface area contributed by atoms with E-state index < -0.39 is 6.10 Å². The van der Waals surface area contributed by atoms with Crippen LogP contribution in [0, 0.1) is 0 Å². The van der Waals surface area contributed by atoms with Crippen LogP contribution in [0.3, 0.4) is 0 Å². The highest BCUT2D eigenvalue weighted by atomic mass is 16.5. The van der Waals surface area contributed by atoms with Crippen LogP contribution in [-0.2, 0) is 6.42 Å². The van der Waals surface area contributed by atoms with Crippen LogP contribution in [0.25, 0.3) is 0 Å². The molecule has 0 bridgehead atoms. The third kappa shape index (κ3) is 6.28. The van der Waals surface area contributed by atoms with Gasteiger partial charge in [0.15, 0.2) is 5.78 Å². The lowest BCUT2D eigenvalue weighted by atomic mass is 10.0. The summed E-state index contributed by atoms with van der Waals surface area (Å²) in [5, 5.41) is 10.2. The molecule has 0 fully saturated rings. The summed E-state index contributed by atoms with van der Waals surface area (Å²) in [4.78, 5) is 13.9. The van der Waals surface area contributed by atoms with E-state index in [1.54, 1.807) is 12.1 Å². The highest BCUT2D eigenvalue weighted by Crippen LogP contribution is 2.20. The zero-order valence-electron chi connectivity index (χ0n) is 15.8. The van der Waals surface area contributed by atoms with E-state index in [-0.39, 0.29) is 12.4 Å². The van der Waals surface area contributed by atoms with E-state index in [4.69, 9.17) is 4.74 Å². The Morgan fingerprint density at radius 2 is 1.69 bits per heavy atom. The quantitative estimate of drug-likeness (QED) is 0.607.